The van der Waals surface area contributed by atoms with Gasteiger partial charge in [-0.1, -0.05) is 18.2 Å². The van der Waals surface area contributed by atoms with E-state index >= 15 is 0 Å². The SMILES string of the molecule is Cc1cccc(C)c1OCCNC(=O)CS(=O)(=O)Nc1ccc(N2CCCCC2)cc1. The average Bonchev–Trinajstić information content (AvgIpc) is 2.73. The van der Waals surface area contributed by atoms with Crippen molar-refractivity contribution in [3.8, 4) is 5.75 Å². The zero-order chi connectivity index (χ0) is 22.3. The van der Waals surface area contributed by atoms with Crippen LogP contribution in [0.15, 0.2) is 42.5 Å². The fourth-order valence-corrected chi connectivity index (χ4v) is 4.72. The molecule has 1 amide bonds. The number of rotatable bonds is 9. The number of hydrogen-bond acceptors (Lipinski definition) is 5. The normalized spacial score (nSPS) is 14.2. The summed E-state index contributed by atoms with van der Waals surface area (Å²) in [5.41, 5.74) is 3.57. The number of sulfonamides is 1. The minimum Gasteiger partial charge on any atom is -0.491 e. The monoisotopic (exact) mass is 445 g/mol. The summed E-state index contributed by atoms with van der Waals surface area (Å²) in [5.74, 6) is -0.411. The highest BCUT2D eigenvalue weighted by Crippen LogP contribution is 2.23. The van der Waals surface area contributed by atoms with Crippen molar-refractivity contribution in [3.05, 3.63) is 53.6 Å². The molecule has 1 fully saturated rings. The van der Waals surface area contributed by atoms with Crippen molar-refractivity contribution < 1.29 is 17.9 Å². The highest BCUT2D eigenvalue weighted by molar-refractivity contribution is 7.93. The van der Waals surface area contributed by atoms with E-state index in [1.165, 1.54) is 19.3 Å². The average molecular weight is 446 g/mol. The summed E-state index contributed by atoms with van der Waals surface area (Å²) in [5, 5.41) is 2.60. The number of benzene rings is 2. The Bertz CT molecular complexity index is 964. The number of para-hydroxylation sites is 1. The van der Waals surface area contributed by atoms with Gasteiger partial charge in [0.1, 0.15) is 18.1 Å². The number of aryl methyl sites for hydroxylation is 2. The van der Waals surface area contributed by atoms with Gasteiger partial charge in [0.25, 0.3) is 0 Å². The molecule has 1 aliphatic rings. The number of piperidine rings is 1. The van der Waals surface area contributed by atoms with Gasteiger partial charge in [0.05, 0.1) is 6.54 Å². The van der Waals surface area contributed by atoms with Crippen molar-refractivity contribution >= 4 is 27.3 Å². The van der Waals surface area contributed by atoms with E-state index in [2.05, 4.69) is 14.9 Å². The molecule has 3 rings (SSSR count). The lowest BCUT2D eigenvalue weighted by Crippen LogP contribution is -2.35. The molecule has 0 atom stereocenters. The first-order chi connectivity index (χ1) is 14.8. The molecule has 2 N–H and O–H groups in total. The predicted molar refractivity (Wildman–Crippen MR) is 124 cm³/mol. The maximum Gasteiger partial charge on any atom is 0.241 e. The van der Waals surface area contributed by atoms with Crippen LogP contribution in [0, 0.1) is 13.8 Å². The lowest BCUT2D eigenvalue weighted by atomic mass is 10.1. The third-order valence-corrected chi connectivity index (χ3v) is 6.45. The van der Waals surface area contributed by atoms with E-state index in [1.54, 1.807) is 12.1 Å². The molecule has 1 heterocycles. The van der Waals surface area contributed by atoms with Crippen LogP contribution in [-0.2, 0) is 14.8 Å². The molecule has 168 valence electrons. The van der Waals surface area contributed by atoms with Gasteiger partial charge < -0.3 is 15.0 Å². The summed E-state index contributed by atoms with van der Waals surface area (Å²) < 4.78 is 32.8. The molecular weight excluding hydrogens is 414 g/mol. The van der Waals surface area contributed by atoms with Crippen molar-refractivity contribution in [1.29, 1.82) is 0 Å². The molecule has 8 heteroatoms. The van der Waals surface area contributed by atoms with Gasteiger partial charge >= 0.3 is 0 Å². The second-order valence-corrected chi connectivity index (χ2v) is 9.60. The summed E-state index contributed by atoms with van der Waals surface area (Å²) in [6, 6.07) is 13.2. The Kier molecular flexibility index (Phi) is 7.79. The molecule has 1 saturated heterocycles. The number of nitrogens with one attached hydrogen (secondary N) is 2. The molecule has 7 nitrogen and oxygen atoms in total. The molecule has 0 aromatic heterocycles. The number of carbonyl (C=O) groups excluding carboxylic acids is 1. The Balaban J connectivity index is 1.43. The minimum absolute atomic E-state index is 0.229. The molecular formula is C23H31N3O4S. The zero-order valence-electron chi connectivity index (χ0n) is 18.2. The Morgan fingerprint density at radius 2 is 1.65 bits per heavy atom. The second kappa shape index (κ2) is 10.5. The zero-order valence-corrected chi connectivity index (χ0v) is 19.0. The Morgan fingerprint density at radius 1 is 1.00 bits per heavy atom. The molecule has 0 bridgehead atoms. The first-order valence-electron chi connectivity index (χ1n) is 10.7. The van der Waals surface area contributed by atoms with Crippen LogP contribution in [0.4, 0.5) is 11.4 Å². The van der Waals surface area contributed by atoms with Gasteiger partial charge in [-0.05, 0) is 68.5 Å². The van der Waals surface area contributed by atoms with Gasteiger partial charge in [-0.3, -0.25) is 9.52 Å². The lowest BCUT2D eigenvalue weighted by Gasteiger charge is -2.28. The Labute approximate surface area is 184 Å². The molecule has 0 radical (unpaired) electrons. The highest BCUT2D eigenvalue weighted by Gasteiger charge is 2.17. The predicted octanol–water partition coefficient (Wildman–Crippen LogP) is 3.23. The topological polar surface area (TPSA) is 87.7 Å². The Hall–Kier alpha value is -2.74. The van der Waals surface area contributed by atoms with E-state index in [0.29, 0.717) is 5.69 Å². The van der Waals surface area contributed by atoms with Gasteiger partial charge in [-0.15, -0.1) is 0 Å². The molecule has 0 saturated carbocycles. The third kappa shape index (κ3) is 6.89. The highest BCUT2D eigenvalue weighted by atomic mass is 32.2. The quantitative estimate of drug-likeness (QED) is 0.579. The molecule has 2 aromatic rings. The van der Waals surface area contributed by atoms with Crippen molar-refractivity contribution in [3.63, 3.8) is 0 Å². The summed E-state index contributed by atoms with van der Waals surface area (Å²) in [4.78, 5) is 14.4. The Morgan fingerprint density at radius 3 is 2.29 bits per heavy atom. The fraction of sp³-hybridized carbons (Fsp3) is 0.435. The van der Waals surface area contributed by atoms with Crippen LogP contribution in [0.25, 0.3) is 0 Å². The van der Waals surface area contributed by atoms with Crippen LogP contribution < -0.4 is 19.7 Å². The van der Waals surface area contributed by atoms with Crippen LogP contribution in [0.3, 0.4) is 0 Å². The van der Waals surface area contributed by atoms with Crippen LogP contribution in [0.1, 0.15) is 30.4 Å². The maximum atomic E-state index is 12.3. The molecule has 1 aliphatic heterocycles. The molecule has 0 spiro atoms. The minimum atomic E-state index is -3.79. The molecule has 0 unspecified atom stereocenters. The van der Waals surface area contributed by atoms with Gasteiger partial charge in [0.2, 0.25) is 15.9 Å². The van der Waals surface area contributed by atoms with Crippen LogP contribution in [0.2, 0.25) is 0 Å². The number of nitrogens with zero attached hydrogens (tertiary/aromatic N) is 1. The maximum absolute atomic E-state index is 12.3. The van der Waals surface area contributed by atoms with E-state index in [4.69, 9.17) is 4.74 Å². The van der Waals surface area contributed by atoms with E-state index in [0.717, 1.165) is 35.7 Å². The summed E-state index contributed by atoms with van der Waals surface area (Å²) in [6.07, 6.45) is 3.62. The number of anilines is 2. The van der Waals surface area contributed by atoms with E-state index < -0.39 is 21.7 Å². The van der Waals surface area contributed by atoms with E-state index in [-0.39, 0.29) is 13.2 Å². The van der Waals surface area contributed by atoms with Gasteiger partial charge in [-0.2, -0.15) is 0 Å². The standard InChI is InChI=1S/C23H31N3O4S/c1-18-7-6-8-19(2)23(18)30-16-13-24-22(27)17-31(28,29)25-20-9-11-21(12-10-20)26-14-4-3-5-15-26/h6-12,25H,3-5,13-17H2,1-2H3,(H,24,27). The molecule has 2 aromatic carbocycles. The van der Waals surface area contributed by atoms with E-state index in [1.807, 2.05) is 44.2 Å². The lowest BCUT2D eigenvalue weighted by molar-refractivity contribution is -0.118. The number of amides is 1. The van der Waals surface area contributed by atoms with Crippen LogP contribution >= 0.6 is 0 Å². The molecule has 0 aliphatic carbocycles. The van der Waals surface area contributed by atoms with Crippen molar-refractivity contribution in [2.45, 2.75) is 33.1 Å². The second-order valence-electron chi connectivity index (χ2n) is 7.88. The van der Waals surface area contributed by atoms with Crippen LogP contribution in [-0.4, -0.2) is 46.3 Å². The van der Waals surface area contributed by atoms with Gasteiger partial charge in [-0.25, -0.2) is 8.42 Å². The summed E-state index contributed by atoms with van der Waals surface area (Å²) >= 11 is 0. The van der Waals surface area contributed by atoms with Crippen molar-refractivity contribution in [1.82, 2.24) is 5.32 Å². The van der Waals surface area contributed by atoms with Gasteiger partial charge in [0, 0.05) is 24.5 Å². The largest absolute Gasteiger partial charge is 0.491 e. The third-order valence-electron chi connectivity index (χ3n) is 5.26. The van der Waals surface area contributed by atoms with Crippen molar-refractivity contribution in [2.75, 3.05) is 41.6 Å². The molecule has 31 heavy (non-hydrogen) atoms. The first-order valence-corrected chi connectivity index (χ1v) is 12.3. The van der Waals surface area contributed by atoms with Crippen molar-refractivity contribution in [2.24, 2.45) is 0 Å². The number of ether oxygens (including phenoxy) is 1. The van der Waals surface area contributed by atoms with E-state index in [9.17, 15) is 13.2 Å². The van der Waals surface area contributed by atoms with Gasteiger partial charge in [0.15, 0.2) is 0 Å². The summed E-state index contributed by atoms with van der Waals surface area (Å²) in [6.45, 7) is 6.46. The fourth-order valence-electron chi connectivity index (χ4n) is 3.70. The first kappa shape index (κ1) is 22.9. The smallest absolute Gasteiger partial charge is 0.241 e. The number of hydrogen-bond donors (Lipinski definition) is 2. The van der Waals surface area contributed by atoms with Crippen LogP contribution in [0.5, 0.6) is 5.75 Å². The number of carbonyl (C=O) groups is 1. The summed E-state index contributed by atoms with van der Waals surface area (Å²) in [7, 11) is -3.79.